The maximum atomic E-state index is 11.7. The summed E-state index contributed by atoms with van der Waals surface area (Å²) < 4.78 is 1.80. The Kier molecular flexibility index (Phi) is 9.39. The molecule has 1 heterocycles. The first-order valence-electron chi connectivity index (χ1n) is 7.82. The summed E-state index contributed by atoms with van der Waals surface area (Å²) in [7, 11) is 0. The minimum absolute atomic E-state index is 0.0698. The zero-order chi connectivity index (χ0) is 15.3. The van der Waals surface area contributed by atoms with Crippen LogP contribution in [0.5, 0.6) is 0 Å². The van der Waals surface area contributed by atoms with Crippen molar-refractivity contribution < 1.29 is 4.79 Å². The van der Waals surface area contributed by atoms with Crippen molar-refractivity contribution in [3.8, 4) is 0 Å². The lowest BCUT2D eigenvalue weighted by molar-refractivity contribution is -0.121. The van der Waals surface area contributed by atoms with Gasteiger partial charge in [-0.2, -0.15) is 0 Å². The average Bonchev–Trinajstić information content (AvgIpc) is 2.93. The molecule has 0 saturated heterocycles. The van der Waals surface area contributed by atoms with Gasteiger partial charge in [-0.15, -0.1) is 5.10 Å². The summed E-state index contributed by atoms with van der Waals surface area (Å²) in [5.41, 5.74) is 11.7. The Morgan fingerprint density at radius 1 is 1.10 bits per heavy atom. The summed E-state index contributed by atoms with van der Waals surface area (Å²) in [4.78, 5) is 11.7. The normalized spacial score (nSPS) is 10.8. The zero-order valence-electron chi connectivity index (χ0n) is 12.8. The SMILES string of the molecule is NCCCCCCC(=O)NCc1cn(CCCCN)nn1. The third-order valence-electron chi connectivity index (χ3n) is 3.25. The van der Waals surface area contributed by atoms with Crippen molar-refractivity contribution in [2.45, 2.75) is 58.0 Å². The molecule has 0 aliphatic rings. The summed E-state index contributed by atoms with van der Waals surface area (Å²) in [6.45, 7) is 2.69. The van der Waals surface area contributed by atoms with Gasteiger partial charge in [0, 0.05) is 13.0 Å². The van der Waals surface area contributed by atoms with Crippen LogP contribution in [-0.4, -0.2) is 34.0 Å². The molecular formula is C14H28N6O. The number of aromatic nitrogens is 3. The van der Waals surface area contributed by atoms with Crippen LogP contribution in [0.1, 0.15) is 50.6 Å². The molecule has 1 amide bonds. The van der Waals surface area contributed by atoms with E-state index in [1.54, 1.807) is 4.68 Å². The highest BCUT2D eigenvalue weighted by Crippen LogP contribution is 2.02. The molecule has 1 aromatic rings. The van der Waals surface area contributed by atoms with Gasteiger partial charge < -0.3 is 16.8 Å². The van der Waals surface area contributed by atoms with Gasteiger partial charge in [-0.25, -0.2) is 0 Å². The molecule has 21 heavy (non-hydrogen) atoms. The van der Waals surface area contributed by atoms with Crippen LogP contribution < -0.4 is 16.8 Å². The van der Waals surface area contributed by atoms with Crippen LogP contribution >= 0.6 is 0 Å². The topological polar surface area (TPSA) is 112 Å². The lowest BCUT2D eigenvalue weighted by Crippen LogP contribution is -2.22. The molecule has 120 valence electrons. The Bertz CT molecular complexity index is 393. The minimum atomic E-state index is 0.0698. The van der Waals surface area contributed by atoms with E-state index in [1.165, 1.54) is 0 Å². The second-order valence-electron chi connectivity index (χ2n) is 5.20. The van der Waals surface area contributed by atoms with E-state index in [0.717, 1.165) is 57.3 Å². The fourth-order valence-electron chi connectivity index (χ4n) is 2.01. The van der Waals surface area contributed by atoms with Crippen molar-refractivity contribution in [3.63, 3.8) is 0 Å². The van der Waals surface area contributed by atoms with Gasteiger partial charge in [0.25, 0.3) is 0 Å². The van der Waals surface area contributed by atoms with Crippen molar-refractivity contribution in [2.75, 3.05) is 13.1 Å². The predicted molar refractivity (Wildman–Crippen MR) is 82.3 cm³/mol. The third kappa shape index (κ3) is 8.41. The Morgan fingerprint density at radius 2 is 1.81 bits per heavy atom. The van der Waals surface area contributed by atoms with E-state index in [1.807, 2.05) is 6.20 Å². The monoisotopic (exact) mass is 296 g/mol. The summed E-state index contributed by atoms with van der Waals surface area (Å²) in [5, 5.41) is 10.9. The van der Waals surface area contributed by atoms with Crippen molar-refractivity contribution in [1.29, 1.82) is 0 Å². The van der Waals surface area contributed by atoms with Crippen molar-refractivity contribution in [2.24, 2.45) is 11.5 Å². The van der Waals surface area contributed by atoms with E-state index >= 15 is 0 Å². The smallest absolute Gasteiger partial charge is 0.220 e. The zero-order valence-corrected chi connectivity index (χ0v) is 12.8. The van der Waals surface area contributed by atoms with E-state index in [-0.39, 0.29) is 5.91 Å². The molecule has 0 saturated carbocycles. The Balaban J connectivity index is 2.12. The van der Waals surface area contributed by atoms with Crippen LogP contribution in [0.3, 0.4) is 0 Å². The van der Waals surface area contributed by atoms with Gasteiger partial charge in [-0.3, -0.25) is 9.48 Å². The van der Waals surface area contributed by atoms with Gasteiger partial charge >= 0.3 is 0 Å². The van der Waals surface area contributed by atoms with Crippen molar-refractivity contribution in [3.05, 3.63) is 11.9 Å². The maximum absolute atomic E-state index is 11.7. The largest absolute Gasteiger partial charge is 0.350 e. The molecule has 1 aromatic heterocycles. The van der Waals surface area contributed by atoms with E-state index < -0.39 is 0 Å². The summed E-state index contributed by atoms with van der Waals surface area (Å²) in [5.74, 6) is 0.0698. The van der Waals surface area contributed by atoms with E-state index in [2.05, 4.69) is 15.6 Å². The standard InChI is InChI=1S/C14H28N6O/c15-8-4-2-1-3-7-14(21)17-11-13-12-20(19-18-13)10-6-5-9-16/h12H,1-11,15-16H2,(H,17,21). The molecule has 1 rings (SSSR count). The summed E-state index contributed by atoms with van der Waals surface area (Å²) in [6, 6.07) is 0. The number of hydrogen-bond donors (Lipinski definition) is 3. The molecule has 7 nitrogen and oxygen atoms in total. The molecular weight excluding hydrogens is 268 g/mol. The second-order valence-corrected chi connectivity index (χ2v) is 5.20. The first kappa shape index (κ1) is 17.6. The fraction of sp³-hybridized carbons (Fsp3) is 0.786. The number of nitrogens with two attached hydrogens (primary N) is 2. The number of unbranched alkanes of at least 4 members (excludes halogenated alkanes) is 4. The average molecular weight is 296 g/mol. The molecule has 7 heteroatoms. The van der Waals surface area contributed by atoms with E-state index in [9.17, 15) is 4.79 Å². The van der Waals surface area contributed by atoms with Crippen LogP contribution in [-0.2, 0) is 17.9 Å². The quantitative estimate of drug-likeness (QED) is 0.487. The number of carbonyl (C=O) groups is 1. The molecule has 0 fully saturated rings. The Morgan fingerprint density at radius 3 is 2.57 bits per heavy atom. The number of amides is 1. The number of carbonyl (C=O) groups excluding carboxylic acids is 1. The Hall–Kier alpha value is -1.47. The molecule has 0 unspecified atom stereocenters. The highest BCUT2D eigenvalue weighted by Gasteiger charge is 2.04. The van der Waals surface area contributed by atoms with Crippen LogP contribution in [0.15, 0.2) is 6.20 Å². The molecule has 0 aliphatic heterocycles. The summed E-state index contributed by atoms with van der Waals surface area (Å²) in [6.07, 6.45) is 8.52. The van der Waals surface area contributed by atoms with Crippen molar-refractivity contribution in [1.82, 2.24) is 20.3 Å². The number of hydrogen-bond acceptors (Lipinski definition) is 5. The predicted octanol–water partition coefficient (Wildman–Crippen LogP) is 0.542. The van der Waals surface area contributed by atoms with Crippen LogP contribution in [0.4, 0.5) is 0 Å². The second kappa shape index (κ2) is 11.2. The van der Waals surface area contributed by atoms with Gasteiger partial charge in [-0.1, -0.05) is 18.1 Å². The Labute approximate surface area is 126 Å². The molecule has 0 radical (unpaired) electrons. The lowest BCUT2D eigenvalue weighted by Gasteiger charge is -2.03. The van der Waals surface area contributed by atoms with Crippen molar-refractivity contribution >= 4 is 5.91 Å². The minimum Gasteiger partial charge on any atom is -0.350 e. The van der Waals surface area contributed by atoms with E-state index in [4.69, 9.17) is 11.5 Å². The number of aryl methyl sites for hydroxylation is 1. The van der Waals surface area contributed by atoms with Gasteiger partial charge in [0.1, 0.15) is 5.69 Å². The molecule has 0 spiro atoms. The molecule has 0 atom stereocenters. The van der Waals surface area contributed by atoms with E-state index in [0.29, 0.717) is 19.5 Å². The number of nitrogens with zero attached hydrogens (tertiary/aromatic N) is 3. The first-order chi connectivity index (χ1) is 10.3. The molecule has 0 aromatic carbocycles. The molecule has 5 N–H and O–H groups in total. The van der Waals surface area contributed by atoms with Gasteiger partial charge in [0.2, 0.25) is 5.91 Å². The number of rotatable bonds is 12. The van der Waals surface area contributed by atoms with Gasteiger partial charge in [0.15, 0.2) is 0 Å². The van der Waals surface area contributed by atoms with Crippen LogP contribution in [0.2, 0.25) is 0 Å². The van der Waals surface area contributed by atoms with Gasteiger partial charge in [0.05, 0.1) is 12.7 Å². The van der Waals surface area contributed by atoms with Crippen LogP contribution in [0.25, 0.3) is 0 Å². The first-order valence-corrected chi connectivity index (χ1v) is 7.82. The fourth-order valence-corrected chi connectivity index (χ4v) is 2.01. The highest BCUT2D eigenvalue weighted by atomic mass is 16.1. The number of nitrogens with one attached hydrogen (secondary N) is 1. The lowest BCUT2D eigenvalue weighted by atomic mass is 10.1. The molecule has 0 aliphatic carbocycles. The third-order valence-corrected chi connectivity index (χ3v) is 3.25. The molecule has 0 bridgehead atoms. The maximum Gasteiger partial charge on any atom is 0.220 e. The van der Waals surface area contributed by atoms with Crippen LogP contribution in [0, 0.1) is 0 Å². The van der Waals surface area contributed by atoms with Gasteiger partial charge in [-0.05, 0) is 38.8 Å². The highest BCUT2D eigenvalue weighted by molar-refractivity contribution is 5.75. The summed E-state index contributed by atoms with van der Waals surface area (Å²) >= 11 is 0.